The number of piperazine rings is 2. The highest BCUT2D eigenvalue weighted by atomic mass is 19.4. The van der Waals surface area contributed by atoms with E-state index in [1.807, 2.05) is 37.4 Å². The number of aromatic nitrogens is 1. The summed E-state index contributed by atoms with van der Waals surface area (Å²) < 4.78 is 41.7. The Balaban J connectivity index is 0.818. The molecule has 4 aliphatic heterocycles. The second kappa shape index (κ2) is 19.9. The third kappa shape index (κ3) is 10.7. The van der Waals surface area contributed by atoms with E-state index in [1.54, 1.807) is 18.2 Å². The van der Waals surface area contributed by atoms with Crippen LogP contribution in [0.2, 0.25) is 0 Å². The fraction of sp³-hybridized carbons (Fsp3) is 0.383. The van der Waals surface area contributed by atoms with Gasteiger partial charge in [-0.15, -0.1) is 0 Å². The Morgan fingerprint density at radius 2 is 1.52 bits per heavy atom. The molecule has 352 valence electrons. The summed E-state index contributed by atoms with van der Waals surface area (Å²) in [6, 6.07) is 17.7. The van der Waals surface area contributed by atoms with Gasteiger partial charge in [-0.25, -0.2) is 0 Å². The Morgan fingerprint density at radius 3 is 2.27 bits per heavy atom. The number of likely N-dealkylation sites (N-methyl/N-ethyl adjacent to an activating group) is 1. The van der Waals surface area contributed by atoms with Crippen molar-refractivity contribution in [1.29, 1.82) is 0 Å². The van der Waals surface area contributed by atoms with Crippen LogP contribution in [0.1, 0.15) is 61.5 Å². The van der Waals surface area contributed by atoms with Crippen LogP contribution < -0.4 is 31.7 Å². The molecule has 4 aromatic rings. The number of alkyl halides is 3. The Morgan fingerprint density at radius 1 is 0.791 bits per heavy atom. The summed E-state index contributed by atoms with van der Waals surface area (Å²) in [5.74, 6) is -3.54. The summed E-state index contributed by atoms with van der Waals surface area (Å²) in [7, 11) is 2.01. The minimum Gasteiger partial charge on any atom is -0.384 e. The van der Waals surface area contributed by atoms with Gasteiger partial charge in [-0.2, -0.15) is 13.2 Å². The van der Waals surface area contributed by atoms with Gasteiger partial charge in [-0.3, -0.25) is 53.6 Å². The van der Waals surface area contributed by atoms with Crippen LogP contribution in [-0.4, -0.2) is 145 Å². The normalized spacial score (nSPS) is 18.5. The number of anilines is 3. The average molecular weight is 925 g/mol. The molecule has 20 heteroatoms. The van der Waals surface area contributed by atoms with Crippen LogP contribution in [0.25, 0.3) is 11.1 Å². The van der Waals surface area contributed by atoms with Gasteiger partial charge in [0.2, 0.25) is 23.3 Å². The summed E-state index contributed by atoms with van der Waals surface area (Å²) in [4.78, 5) is 101. The number of carbonyl (C=O) groups is 6. The molecule has 0 spiro atoms. The number of hydrogen-bond acceptors (Lipinski definition) is 12. The number of halogens is 3. The SMILES string of the molecule is CN1CCN(c2ccc(-c3cccc(CN4CCN(CCNC(=O)CCNc5cccc6c5C(=O)N(C5CCC(=O)NC5=O)C6=O)CC4)c3)cc2NC(=O)c2c[nH]c(=O)cc2C(F)(F)F)CC1. The number of aromatic amines is 1. The number of piperidine rings is 1. The molecule has 8 rings (SSSR count). The van der Waals surface area contributed by atoms with Crippen LogP contribution in [0.15, 0.2) is 77.7 Å². The fourth-order valence-corrected chi connectivity index (χ4v) is 8.92. The Hall–Kier alpha value is -6.90. The number of hydrogen-bond donors (Lipinski definition) is 5. The van der Waals surface area contributed by atoms with Crippen molar-refractivity contribution in [2.24, 2.45) is 0 Å². The molecule has 3 aromatic carbocycles. The number of rotatable bonds is 14. The lowest BCUT2D eigenvalue weighted by Crippen LogP contribution is -2.54. The van der Waals surface area contributed by atoms with Crippen LogP contribution in [0, 0.1) is 0 Å². The van der Waals surface area contributed by atoms with Crippen molar-refractivity contribution in [3.8, 4) is 11.1 Å². The fourth-order valence-electron chi connectivity index (χ4n) is 8.92. The number of amides is 6. The van der Waals surface area contributed by atoms with Crippen LogP contribution in [0.5, 0.6) is 0 Å². The van der Waals surface area contributed by atoms with Gasteiger partial charge in [0, 0.05) is 109 Å². The average Bonchev–Trinajstić information content (AvgIpc) is 3.55. The molecule has 5 N–H and O–H groups in total. The van der Waals surface area contributed by atoms with Gasteiger partial charge in [-0.05, 0) is 60.5 Å². The zero-order chi connectivity index (χ0) is 47.4. The maximum atomic E-state index is 13.9. The predicted molar refractivity (Wildman–Crippen MR) is 243 cm³/mol. The lowest BCUT2D eigenvalue weighted by molar-refractivity contribution is -0.138. The largest absolute Gasteiger partial charge is 0.417 e. The van der Waals surface area contributed by atoms with E-state index < -0.39 is 58.4 Å². The number of imide groups is 2. The van der Waals surface area contributed by atoms with E-state index >= 15 is 0 Å². The minimum absolute atomic E-state index is 0.0226. The molecule has 0 saturated carbocycles. The number of carbonyl (C=O) groups excluding carboxylic acids is 6. The monoisotopic (exact) mass is 924 g/mol. The number of pyridine rings is 1. The molecule has 3 saturated heterocycles. The standard InChI is InChI=1S/C47H51F3N10O7/c1-56-16-22-59(23-17-56)37-9-8-31(25-36(37)54-43(64)33-27-53-41(63)26-34(33)47(48,49)50)30-5-2-4-29(24-30)28-58-20-18-57(19-21-58)15-14-52-39(61)12-13-51-35-7-3-6-32-42(35)46(67)60(45(32)66)38-10-11-40(62)55-44(38)65/h2-9,24-27,38,51H,10-23,28H2,1H3,(H,52,61)(H,53,63)(H,54,64)(H,55,62,65). The highest BCUT2D eigenvalue weighted by Gasteiger charge is 2.45. The molecule has 67 heavy (non-hydrogen) atoms. The van der Waals surface area contributed by atoms with Crippen molar-refractivity contribution >= 4 is 52.5 Å². The Bertz CT molecular complexity index is 2640. The van der Waals surface area contributed by atoms with Gasteiger partial charge in [-0.1, -0.05) is 30.3 Å². The summed E-state index contributed by atoms with van der Waals surface area (Å²) in [6.45, 7) is 8.02. The molecule has 17 nitrogen and oxygen atoms in total. The first-order valence-corrected chi connectivity index (χ1v) is 22.2. The van der Waals surface area contributed by atoms with Gasteiger partial charge < -0.3 is 30.7 Å². The molecule has 6 amide bonds. The molecule has 1 unspecified atom stereocenters. The summed E-state index contributed by atoms with van der Waals surface area (Å²) >= 11 is 0. The molecule has 0 radical (unpaired) electrons. The van der Waals surface area contributed by atoms with E-state index in [1.165, 1.54) is 6.07 Å². The zero-order valence-electron chi connectivity index (χ0n) is 36.8. The Labute approximate surface area is 383 Å². The maximum absolute atomic E-state index is 13.9. The highest BCUT2D eigenvalue weighted by Crippen LogP contribution is 2.36. The Kier molecular flexibility index (Phi) is 13.9. The minimum atomic E-state index is -4.91. The molecular formula is C47H51F3N10O7. The highest BCUT2D eigenvalue weighted by molar-refractivity contribution is 6.25. The van der Waals surface area contributed by atoms with Crippen LogP contribution in [0.3, 0.4) is 0 Å². The van der Waals surface area contributed by atoms with Crippen molar-refractivity contribution in [2.45, 2.75) is 38.0 Å². The molecule has 1 atom stereocenters. The molecular weight excluding hydrogens is 874 g/mol. The third-order valence-corrected chi connectivity index (χ3v) is 12.6. The van der Waals surface area contributed by atoms with Crippen molar-refractivity contribution in [1.82, 2.24) is 35.2 Å². The van der Waals surface area contributed by atoms with Gasteiger partial charge in [0.15, 0.2) is 0 Å². The first-order chi connectivity index (χ1) is 32.1. The van der Waals surface area contributed by atoms with Crippen molar-refractivity contribution < 1.29 is 41.9 Å². The molecule has 0 aliphatic carbocycles. The van der Waals surface area contributed by atoms with E-state index in [0.717, 1.165) is 67.1 Å². The zero-order valence-corrected chi connectivity index (χ0v) is 36.8. The summed E-state index contributed by atoms with van der Waals surface area (Å²) in [5.41, 5.74) is 1.44. The van der Waals surface area contributed by atoms with E-state index in [4.69, 9.17) is 0 Å². The van der Waals surface area contributed by atoms with E-state index in [9.17, 15) is 46.7 Å². The topological polar surface area (TPSA) is 200 Å². The third-order valence-electron chi connectivity index (χ3n) is 12.6. The van der Waals surface area contributed by atoms with Gasteiger partial charge >= 0.3 is 6.18 Å². The maximum Gasteiger partial charge on any atom is 0.417 e. The summed E-state index contributed by atoms with van der Waals surface area (Å²) in [5, 5.41) is 11.0. The number of benzene rings is 3. The van der Waals surface area contributed by atoms with Gasteiger partial charge in [0.25, 0.3) is 17.7 Å². The number of nitrogens with zero attached hydrogens (tertiary/aromatic N) is 5. The lowest BCUT2D eigenvalue weighted by atomic mass is 10.0. The first-order valence-electron chi connectivity index (χ1n) is 22.2. The van der Waals surface area contributed by atoms with Crippen molar-refractivity contribution in [2.75, 3.05) is 94.6 Å². The molecule has 4 aliphatic rings. The number of H-pyrrole nitrogens is 1. The van der Waals surface area contributed by atoms with Gasteiger partial charge in [0.1, 0.15) is 6.04 Å². The smallest absolute Gasteiger partial charge is 0.384 e. The summed E-state index contributed by atoms with van der Waals surface area (Å²) in [6.07, 6.45) is -3.92. The second-order valence-corrected chi connectivity index (χ2v) is 17.1. The van der Waals surface area contributed by atoms with E-state index in [-0.39, 0.29) is 42.8 Å². The first kappa shape index (κ1) is 46.6. The number of fused-ring (bicyclic) bond motifs is 1. The predicted octanol–water partition coefficient (Wildman–Crippen LogP) is 3.20. The quantitative estimate of drug-likeness (QED) is 0.116. The molecule has 1 aromatic heterocycles. The lowest BCUT2D eigenvalue weighted by Gasteiger charge is -2.35. The van der Waals surface area contributed by atoms with E-state index in [2.05, 4.69) is 51.9 Å². The van der Waals surface area contributed by atoms with Crippen LogP contribution >= 0.6 is 0 Å². The molecule has 5 heterocycles. The van der Waals surface area contributed by atoms with E-state index in [0.29, 0.717) is 55.9 Å². The number of nitrogens with one attached hydrogen (secondary N) is 5. The van der Waals surface area contributed by atoms with Crippen LogP contribution in [0.4, 0.5) is 30.2 Å². The van der Waals surface area contributed by atoms with Crippen molar-refractivity contribution in [3.63, 3.8) is 0 Å². The van der Waals surface area contributed by atoms with Crippen LogP contribution in [-0.2, 0) is 27.1 Å². The molecule has 0 bridgehead atoms. The van der Waals surface area contributed by atoms with Crippen molar-refractivity contribution in [3.05, 3.63) is 111 Å². The molecule has 3 fully saturated rings. The van der Waals surface area contributed by atoms with Gasteiger partial charge in [0.05, 0.1) is 33.6 Å². The second-order valence-electron chi connectivity index (χ2n) is 17.1.